The van der Waals surface area contributed by atoms with Crippen molar-refractivity contribution in [2.75, 3.05) is 11.9 Å². The number of benzene rings is 1. The van der Waals surface area contributed by atoms with Gasteiger partial charge in [-0.1, -0.05) is 0 Å². The zero-order valence-electron chi connectivity index (χ0n) is 10.2. The summed E-state index contributed by atoms with van der Waals surface area (Å²) in [5.41, 5.74) is 2.87. The summed E-state index contributed by atoms with van der Waals surface area (Å²) in [5, 5.41) is 13.0. The number of hydrogen-bond acceptors (Lipinski definition) is 4. The molecule has 0 saturated heterocycles. The van der Waals surface area contributed by atoms with Gasteiger partial charge in [0.2, 0.25) is 5.91 Å². The summed E-state index contributed by atoms with van der Waals surface area (Å²) >= 11 is 0. The number of halogens is 3. The summed E-state index contributed by atoms with van der Waals surface area (Å²) < 4.78 is 38.4. The number of carbonyl (C=O) groups is 1. The van der Waals surface area contributed by atoms with E-state index in [1.54, 1.807) is 0 Å². The molecule has 1 rings (SSSR count). The Bertz CT molecular complexity index is 517. The van der Waals surface area contributed by atoms with Crippen LogP contribution >= 0.6 is 0 Å². The van der Waals surface area contributed by atoms with Gasteiger partial charge in [-0.15, -0.1) is 0 Å². The number of primary amides is 1. The molecule has 0 spiro atoms. The molecule has 0 heterocycles. The van der Waals surface area contributed by atoms with Gasteiger partial charge in [-0.05, 0) is 12.5 Å². The van der Waals surface area contributed by atoms with Crippen molar-refractivity contribution in [3.63, 3.8) is 0 Å². The number of nitrogens with zero attached hydrogens (tertiary/aromatic N) is 1. The summed E-state index contributed by atoms with van der Waals surface area (Å²) in [7, 11) is 0. The van der Waals surface area contributed by atoms with Crippen LogP contribution in [0.25, 0.3) is 0 Å². The molecule has 1 amide bonds. The van der Waals surface area contributed by atoms with Gasteiger partial charge in [0.15, 0.2) is 0 Å². The van der Waals surface area contributed by atoms with Crippen LogP contribution in [0.15, 0.2) is 18.2 Å². The van der Waals surface area contributed by atoms with Crippen molar-refractivity contribution in [2.24, 2.45) is 5.73 Å². The zero-order chi connectivity index (χ0) is 15.3. The summed E-state index contributed by atoms with van der Waals surface area (Å²) in [6.07, 6.45) is -4.40. The molecule has 0 saturated carbocycles. The van der Waals surface area contributed by atoms with Gasteiger partial charge in [0, 0.05) is 30.8 Å². The largest absolute Gasteiger partial charge is 0.418 e. The molecule has 0 atom stereocenters. The molecule has 1 aromatic carbocycles. The Hall–Kier alpha value is -2.32. The number of alkyl halides is 3. The number of nitrogens with two attached hydrogens (primary N) is 1. The molecule has 0 radical (unpaired) electrons. The first-order chi connectivity index (χ1) is 9.21. The molecule has 0 fully saturated rings. The lowest BCUT2D eigenvalue weighted by Gasteiger charge is -2.14. The lowest BCUT2D eigenvalue weighted by atomic mass is 10.1. The van der Waals surface area contributed by atoms with E-state index in [2.05, 4.69) is 5.32 Å². The van der Waals surface area contributed by atoms with Crippen LogP contribution in [0.5, 0.6) is 0 Å². The monoisotopic (exact) mass is 291 g/mol. The van der Waals surface area contributed by atoms with Crippen LogP contribution in [0, 0.1) is 10.1 Å². The van der Waals surface area contributed by atoms with Crippen molar-refractivity contribution < 1.29 is 22.9 Å². The number of rotatable bonds is 6. The van der Waals surface area contributed by atoms with E-state index in [4.69, 9.17) is 5.73 Å². The summed E-state index contributed by atoms with van der Waals surface area (Å²) in [4.78, 5) is 20.1. The highest BCUT2D eigenvalue weighted by Crippen LogP contribution is 2.37. The second-order valence-corrected chi connectivity index (χ2v) is 3.98. The first-order valence-electron chi connectivity index (χ1n) is 5.59. The van der Waals surface area contributed by atoms with E-state index in [0.29, 0.717) is 6.07 Å². The summed E-state index contributed by atoms with van der Waals surface area (Å²) in [6, 6.07) is 2.44. The van der Waals surface area contributed by atoms with Crippen LogP contribution in [-0.4, -0.2) is 17.4 Å². The molecule has 110 valence electrons. The van der Waals surface area contributed by atoms with Crippen molar-refractivity contribution in [2.45, 2.75) is 19.0 Å². The van der Waals surface area contributed by atoms with Crippen molar-refractivity contribution in [3.05, 3.63) is 33.9 Å². The highest BCUT2D eigenvalue weighted by Gasteiger charge is 2.35. The number of nitrogens with one attached hydrogen (secondary N) is 1. The van der Waals surface area contributed by atoms with Crippen molar-refractivity contribution in [1.29, 1.82) is 0 Å². The molecular weight excluding hydrogens is 279 g/mol. The molecule has 0 unspecified atom stereocenters. The highest BCUT2D eigenvalue weighted by molar-refractivity contribution is 5.73. The van der Waals surface area contributed by atoms with Gasteiger partial charge in [0.05, 0.1) is 10.5 Å². The third-order valence-corrected chi connectivity index (χ3v) is 2.43. The van der Waals surface area contributed by atoms with Crippen LogP contribution < -0.4 is 11.1 Å². The van der Waals surface area contributed by atoms with Crippen molar-refractivity contribution in [1.82, 2.24) is 0 Å². The van der Waals surface area contributed by atoms with E-state index in [9.17, 15) is 28.1 Å². The third-order valence-electron chi connectivity index (χ3n) is 2.43. The Labute approximate surface area is 111 Å². The minimum absolute atomic E-state index is 0.0430. The SMILES string of the molecule is NC(=O)CCCNc1ccc([N+](=O)[O-])cc1C(F)(F)F. The fourth-order valence-corrected chi connectivity index (χ4v) is 1.52. The Morgan fingerprint density at radius 3 is 2.55 bits per heavy atom. The molecule has 6 nitrogen and oxygen atoms in total. The number of hydrogen-bond donors (Lipinski definition) is 2. The standard InChI is InChI=1S/C11H12F3N3O3/c12-11(13,14)8-6-7(17(19)20)3-4-9(8)16-5-1-2-10(15)18/h3-4,6,16H,1-2,5H2,(H2,15,18). The molecule has 9 heteroatoms. The fourth-order valence-electron chi connectivity index (χ4n) is 1.52. The van der Waals surface area contributed by atoms with Crippen LogP contribution in [-0.2, 0) is 11.0 Å². The average molecular weight is 291 g/mol. The Kier molecular flexibility index (Phi) is 4.89. The molecular formula is C11H12F3N3O3. The maximum Gasteiger partial charge on any atom is 0.418 e. The van der Waals surface area contributed by atoms with Crippen molar-refractivity contribution in [3.8, 4) is 0 Å². The maximum atomic E-state index is 12.8. The zero-order valence-corrected chi connectivity index (χ0v) is 10.2. The molecule has 0 aliphatic carbocycles. The minimum atomic E-state index is -4.71. The third kappa shape index (κ3) is 4.41. The molecule has 0 aliphatic heterocycles. The Morgan fingerprint density at radius 1 is 1.40 bits per heavy atom. The molecule has 20 heavy (non-hydrogen) atoms. The van der Waals surface area contributed by atoms with Gasteiger partial charge in [0.1, 0.15) is 0 Å². The number of carbonyl (C=O) groups excluding carboxylic acids is 1. The predicted octanol–water partition coefficient (Wildman–Crippen LogP) is 2.29. The smallest absolute Gasteiger partial charge is 0.385 e. The number of amides is 1. The Morgan fingerprint density at radius 2 is 2.05 bits per heavy atom. The van der Waals surface area contributed by atoms with Gasteiger partial charge < -0.3 is 11.1 Å². The van der Waals surface area contributed by atoms with Gasteiger partial charge in [-0.2, -0.15) is 13.2 Å². The lowest BCUT2D eigenvalue weighted by Crippen LogP contribution is -2.15. The Balaban J connectivity index is 2.89. The predicted molar refractivity (Wildman–Crippen MR) is 65.0 cm³/mol. The average Bonchev–Trinajstić information content (AvgIpc) is 2.33. The second kappa shape index (κ2) is 6.22. The van der Waals surface area contributed by atoms with E-state index < -0.39 is 28.3 Å². The molecule has 0 aliphatic rings. The van der Waals surface area contributed by atoms with Gasteiger partial charge in [-0.25, -0.2) is 0 Å². The number of nitro benzene ring substituents is 1. The van der Waals surface area contributed by atoms with E-state index >= 15 is 0 Å². The first kappa shape index (κ1) is 15.7. The number of anilines is 1. The number of non-ortho nitro benzene ring substituents is 1. The van der Waals surface area contributed by atoms with Crippen LogP contribution in [0.4, 0.5) is 24.5 Å². The second-order valence-electron chi connectivity index (χ2n) is 3.98. The van der Waals surface area contributed by atoms with Crippen LogP contribution in [0.3, 0.4) is 0 Å². The van der Waals surface area contributed by atoms with E-state index in [1.165, 1.54) is 0 Å². The summed E-state index contributed by atoms with van der Waals surface area (Å²) in [6.45, 7) is 0.101. The topological polar surface area (TPSA) is 98.3 Å². The minimum Gasteiger partial charge on any atom is -0.385 e. The maximum absolute atomic E-state index is 12.8. The van der Waals surface area contributed by atoms with E-state index in [1.807, 2.05) is 0 Å². The van der Waals surface area contributed by atoms with Crippen molar-refractivity contribution >= 4 is 17.3 Å². The molecule has 0 aromatic heterocycles. The molecule has 3 N–H and O–H groups in total. The van der Waals surface area contributed by atoms with Gasteiger partial charge in [0.25, 0.3) is 5.69 Å². The molecule has 1 aromatic rings. The van der Waals surface area contributed by atoms with Gasteiger partial charge in [-0.3, -0.25) is 14.9 Å². The number of nitro groups is 1. The quantitative estimate of drug-likeness (QED) is 0.477. The highest BCUT2D eigenvalue weighted by atomic mass is 19.4. The van der Waals surface area contributed by atoms with Gasteiger partial charge >= 0.3 is 6.18 Å². The normalized spacial score (nSPS) is 11.2. The van der Waals surface area contributed by atoms with E-state index in [-0.39, 0.29) is 25.1 Å². The van der Waals surface area contributed by atoms with Crippen LogP contribution in [0.2, 0.25) is 0 Å². The lowest BCUT2D eigenvalue weighted by molar-refractivity contribution is -0.385. The summed E-state index contributed by atoms with van der Waals surface area (Å²) in [5.74, 6) is -0.549. The van der Waals surface area contributed by atoms with E-state index in [0.717, 1.165) is 12.1 Å². The van der Waals surface area contributed by atoms with Crippen LogP contribution in [0.1, 0.15) is 18.4 Å². The fraction of sp³-hybridized carbons (Fsp3) is 0.364. The molecule has 0 bridgehead atoms. The first-order valence-corrected chi connectivity index (χ1v) is 5.59.